The fourth-order valence-corrected chi connectivity index (χ4v) is 8.08. The molecule has 248 valence electrons. The van der Waals surface area contributed by atoms with Crippen LogP contribution in [0.1, 0.15) is 0 Å². The Hall–Kier alpha value is -6.96. The molecule has 10 aromatic rings. The van der Waals surface area contributed by atoms with Crippen molar-refractivity contribution in [1.82, 2.24) is 0 Å². The number of benzene rings is 10. The van der Waals surface area contributed by atoms with Gasteiger partial charge in [0.25, 0.3) is 0 Å². The fraction of sp³-hybridized carbons (Fsp3) is 0. The van der Waals surface area contributed by atoms with Crippen molar-refractivity contribution in [3.63, 3.8) is 0 Å². The van der Waals surface area contributed by atoms with Gasteiger partial charge in [0.15, 0.2) is 0 Å². The molecule has 53 heavy (non-hydrogen) atoms. The van der Waals surface area contributed by atoms with Crippen LogP contribution in [0.2, 0.25) is 0 Å². The minimum Gasteiger partial charge on any atom is -0.310 e. The number of hydrogen-bond acceptors (Lipinski definition) is 1. The number of hydrogen-bond donors (Lipinski definition) is 0. The van der Waals surface area contributed by atoms with Gasteiger partial charge in [0.05, 0.1) is 0 Å². The number of rotatable bonds is 6. The van der Waals surface area contributed by atoms with Crippen LogP contribution in [0.25, 0.3) is 76.5 Å². The quantitative estimate of drug-likeness (QED) is 0.159. The smallest absolute Gasteiger partial charge is 0.0468 e. The summed E-state index contributed by atoms with van der Waals surface area (Å²) in [6, 6.07) is 77.4. The van der Waals surface area contributed by atoms with Gasteiger partial charge in [-0.25, -0.2) is 0 Å². The van der Waals surface area contributed by atoms with E-state index in [0.717, 1.165) is 17.1 Å². The van der Waals surface area contributed by atoms with E-state index >= 15 is 0 Å². The highest BCUT2D eigenvalue weighted by atomic mass is 15.1. The van der Waals surface area contributed by atoms with Crippen LogP contribution in [0.5, 0.6) is 0 Å². The summed E-state index contributed by atoms with van der Waals surface area (Å²) >= 11 is 0. The van der Waals surface area contributed by atoms with E-state index in [2.05, 4.69) is 217 Å². The van der Waals surface area contributed by atoms with Crippen molar-refractivity contribution in [2.24, 2.45) is 0 Å². The summed E-state index contributed by atoms with van der Waals surface area (Å²) < 4.78 is 0. The van der Waals surface area contributed by atoms with Crippen LogP contribution in [-0.4, -0.2) is 0 Å². The van der Waals surface area contributed by atoms with E-state index in [1.54, 1.807) is 0 Å². The van der Waals surface area contributed by atoms with Crippen molar-refractivity contribution >= 4 is 60.2 Å². The second kappa shape index (κ2) is 13.0. The van der Waals surface area contributed by atoms with Crippen molar-refractivity contribution < 1.29 is 0 Å². The first-order chi connectivity index (χ1) is 26.3. The van der Waals surface area contributed by atoms with Crippen LogP contribution in [0.4, 0.5) is 17.1 Å². The lowest BCUT2D eigenvalue weighted by atomic mass is 9.85. The van der Waals surface area contributed by atoms with Gasteiger partial charge in [-0.05, 0) is 119 Å². The topological polar surface area (TPSA) is 3.24 Å². The third-order valence-electron chi connectivity index (χ3n) is 10.6. The van der Waals surface area contributed by atoms with E-state index in [1.807, 2.05) is 0 Å². The van der Waals surface area contributed by atoms with Gasteiger partial charge in [-0.1, -0.05) is 170 Å². The van der Waals surface area contributed by atoms with Crippen molar-refractivity contribution in [3.05, 3.63) is 212 Å². The zero-order valence-corrected chi connectivity index (χ0v) is 29.2. The maximum absolute atomic E-state index is 2.42. The van der Waals surface area contributed by atoms with E-state index in [1.165, 1.54) is 76.5 Å². The van der Waals surface area contributed by atoms with Crippen LogP contribution in [0.3, 0.4) is 0 Å². The first-order valence-electron chi connectivity index (χ1n) is 18.3. The summed E-state index contributed by atoms with van der Waals surface area (Å²) in [7, 11) is 0. The molecule has 10 rings (SSSR count). The molecule has 0 fully saturated rings. The van der Waals surface area contributed by atoms with E-state index in [0.29, 0.717) is 0 Å². The maximum Gasteiger partial charge on any atom is 0.0468 e. The molecular formula is C52H35N. The normalized spacial score (nSPS) is 11.4. The van der Waals surface area contributed by atoms with Gasteiger partial charge in [-0.15, -0.1) is 0 Å². The number of fused-ring (bicyclic) bond motifs is 5. The molecule has 1 heteroatoms. The van der Waals surface area contributed by atoms with Gasteiger partial charge < -0.3 is 4.90 Å². The molecule has 0 radical (unpaired) electrons. The Morgan fingerprint density at radius 2 is 0.698 bits per heavy atom. The van der Waals surface area contributed by atoms with E-state index in [4.69, 9.17) is 0 Å². The lowest BCUT2D eigenvalue weighted by Gasteiger charge is -2.27. The molecule has 0 unspecified atom stereocenters. The van der Waals surface area contributed by atoms with Crippen LogP contribution >= 0.6 is 0 Å². The molecule has 0 heterocycles. The summed E-state index contributed by atoms with van der Waals surface area (Å²) in [5.74, 6) is 0. The Morgan fingerprint density at radius 3 is 1.42 bits per heavy atom. The molecule has 10 aromatic carbocycles. The lowest BCUT2D eigenvalue weighted by Crippen LogP contribution is -2.10. The molecule has 0 saturated heterocycles. The highest BCUT2D eigenvalue weighted by Crippen LogP contribution is 2.47. The molecule has 0 aliphatic rings. The highest BCUT2D eigenvalue weighted by molar-refractivity contribution is 6.22. The Morgan fingerprint density at radius 1 is 0.226 bits per heavy atom. The third-order valence-corrected chi connectivity index (χ3v) is 10.6. The monoisotopic (exact) mass is 673 g/mol. The maximum atomic E-state index is 2.42. The second-order valence-corrected chi connectivity index (χ2v) is 13.7. The number of nitrogens with zero attached hydrogens (tertiary/aromatic N) is 1. The fourth-order valence-electron chi connectivity index (χ4n) is 8.08. The van der Waals surface area contributed by atoms with Gasteiger partial charge in [0.1, 0.15) is 0 Å². The van der Waals surface area contributed by atoms with Crippen molar-refractivity contribution in [1.29, 1.82) is 0 Å². The molecule has 0 aliphatic heterocycles. The highest BCUT2D eigenvalue weighted by Gasteiger charge is 2.20. The van der Waals surface area contributed by atoms with Crippen LogP contribution in [0.15, 0.2) is 212 Å². The lowest BCUT2D eigenvalue weighted by molar-refractivity contribution is 1.29. The molecule has 0 atom stereocenters. The largest absolute Gasteiger partial charge is 0.310 e. The van der Waals surface area contributed by atoms with Gasteiger partial charge in [-0.2, -0.15) is 0 Å². The average molecular weight is 674 g/mol. The van der Waals surface area contributed by atoms with Crippen molar-refractivity contribution in [2.45, 2.75) is 0 Å². The number of anilines is 3. The van der Waals surface area contributed by atoms with E-state index < -0.39 is 0 Å². The Balaban J connectivity index is 1.25. The van der Waals surface area contributed by atoms with Crippen LogP contribution < -0.4 is 4.90 Å². The molecule has 1 nitrogen and oxygen atoms in total. The second-order valence-electron chi connectivity index (χ2n) is 13.7. The molecule has 0 aliphatic carbocycles. The van der Waals surface area contributed by atoms with Gasteiger partial charge in [-0.3, -0.25) is 0 Å². The average Bonchev–Trinajstić information content (AvgIpc) is 3.23. The van der Waals surface area contributed by atoms with Gasteiger partial charge in [0, 0.05) is 17.1 Å². The Kier molecular flexibility index (Phi) is 7.55. The molecule has 0 N–H and O–H groups in total. The minimum absolute atomic E-state index is 1.11. The van der Waals surface area contributed by atoms with Gasteiger partial charge >= 0.3 is 0 Å². The molecule has 0 saturated carbocycles. The first kappa shape index (κ1) is 30.8. The predicted octanol–water partition coefficient (Wildman–Crippen LogP) is 14.8. The van der Waals surface area contributed by atoms with Crippen LogP contribution in [0, 0.1) is 0 Å². The zero-order chi connectivity index (χ0) is 35.1. The predicted molar refractivity (Wildman–Crippen MR) is 227 cm³/mol. The first-order valence-corrected chi connectivity index (χ1v) is 18.3. The van der Waals surface area contributed by atoms with E-state index in [-0.39, 0.29) is 0 Å². The standard InChI is InChI=1S/C52H35N/c1-3-16-38(17-4-1)51-49-25-12-11-24-47(49)48-31-30-46(35-50(48)52(51)39-18-5-2-6-19-39)53(45-29-28-37-15-8-10-21-41(37)33-45)44-23-13-22-42(34-44)43-27-26-36-14-7-9-20-40(36)32-43/h1-35H. The molecule has 0 aromatic heterocycles. The molecular weight excluding hydrogens is 639 g/mol. The summed E-state index contributed by atoms with van der Waals surface area (Å²) in [4.78, 5) is 2.42. The minimum atomic E-state index is 1.11. The van der Waals surface area contributed by atoms with Crippen LogP contribution in [-0.2, 0) is 0 Å². The molecule has 0 amide bonds. The van der Waals surface area contributed by atoms with Crippen molar-refractivity contribution in [3.8, 4) is 33.4 Å². The van der Waals surface area contributed by atoms with Crippen molar-refractivity contribution in [2.75, 3.05) is 4.90 Å². The van der Waals surface area contributed by atoms with E-state index in [9.17, 15) is 0 Å². The Bertz CT molecular complexity index is 2940. The summed E-state index contributed by atoms with van der Waals surface area (Å²) in [5.41, 5.74) is 10.6. The Labute approximate surface area is 309 Å². The molecule has 0 bridgehead atoms. The summed E-state index contributed by atoms with van der Waals surface area (Å²) in [6.07, 6.45) is 0. The zero-order valence-electron chi connectivity index (χ0n) is 29.2. The molecule has 0 spiro atoms. The summed E-state index contributed by atoms with van der Waals surface area (Å²) in [5, 5.41) is 9.90. The van der Waals surface area contributed by atoms with Gasteiger partial charge in [0.2, 0.25) is 0 Å². The summed E-state index contributed by atoms with van der Waals surface area (Å²) in [6.45, 7) is 0. The third kappa shape index (κ3) is 5.51. The SMILES string of the molecule is c1ccc(-c2c(-c3ccccc3)c3cc(N(c4cccc(-c5ccc6ccccc6c5)c4)c4ccc5ccccc5c4)ccc3c3ccccc23)cc1.